The van der Waals surface area contributed by atoms with Gasteiger partial charge in [-0.1, -0.05) is 6.92 Å². The van der Waals surface area contributed by atoms with Crippen LogP contribution in [0.3, 0.4) is 0 Å². The van der Waals surface area contributed by atoms with Gasteiger partial charge in [-0.25, -0.2) is 4.98 Å². The van der Waals surface area contributed by atoms with E-state index in [1.807, 2.05) is 18.5 Å². The number of thiazole rings is 1. The average molecular weight is 197 g/mol. The van der Waals surface area contributed by atoms with Crippen LogP contribution in [-0.4, -0.2) is 15.7 Å². The molecule has 0 aromatic carbocycles. The predicted molar refractivity (Wildman–Crippen MR) is 53.9 cm³/mol. The van der Waals surface area contributed by atoms with Gasteiger partial charge in [0.05, 0.1) is 5.60 Å². The molecule has 1 aliphatic carbocycles. The topological polar surface area (TPSA) is 33.1 Å². The van der Waals surface area contributed by atoms with E-state index in [9.17, 15) is 5.11 Å². The van der Waals surface area contributed by atoms with E-state index in [2.05, 4.69) is 11.9 Å². The summed E-state index contributed by atoms with van der Waals surface area (Å²) in [6.07, 6.45) is 4.86. The molecule has 2 rings (SSSR count). The summed E-state index contributed by atoms with van der Waals surface area (Å²) in [5.74, 6) is 0. The number of hydrogen-bond acceptors (Lipinski definition) is 3. The van der Waals surface area contributed by atoms with Crippen LogP contribution in [0.2, 0.25) is 0 Å². The lowest BCUT2D eigenvalue weighted by Gasteiger charge is -2.34. The lowest BCUT2D eigenvalue weighted by Crippen LogP contribution is -2.42. The van der Waals surface area contributed by atoms with Crippen LogP contribution in [0.1, 0.15) is 38.1 Å². The second kappa shape index (κ2) is 2.79. The molecular weight excluding hydrogens is 182 g/mol. The first kappa shape index (κ1) is 9.16. The van der Waals surface area contributed by atoms with Crippen molar-refractivity contribution in [3.05, 3.63) is 16.6 Å². The summed E-state index contributed by atoms with van der Waals surface area (Å²) in [5, 5.41) is 13.3. The Labute approximate surface area is 82.6 Å². The van der Waals surface area contributed by atoms with Gasteiger partial charge in [0.2, 0.25) is 0 Å². The van der Waals surface area contributed by atoms with E-state index < -0.39 is 5.60 Å². The number of aliphatic hydroxyl groups is 1. The SMILES string of the molecule is CC1(O)CCCC1(C)c1nccs1. The third-order valence-electron chi connectivity index (χ3n) is 3.43. The van der Waals surface area contributed by atoms with Crippen LogP contribution in [0.15, 0.2) is 11.6 Å². The summed E-state index contributed by atoms with van der Waals surface area (Å²) < 4.78 is 0. The summed E-state index contributed by atoms with van der Waals surface area (Å²) in [5.41, 5.74) is -0.702. The Hall–Kier alpha value is -0.410. The fourth-order valence-electron chi connectivity index (χ4n) is 2.16. The van der Waals surface area contributed by atoms with Crippen LogP contribution in [0.4, 0.5) is 0 Å². The zero-order chi connectivity index (χ0) is 9.53. The Morgan fingerprint density at radius 1 is 1.46 bits per heavy atom. The highest BCUT2D eigenvalue weighted by Crippen LogP contribution is 2.48. The molecule has 0 saturated heterocycles. The third kappa shape index (κ3) is 1.22. The minimum absolute atomic E-state index is 0.124. The minimum Gasteiger partial charge on any atom is -0.389 e. The fourth-order valence-corrected chi connectivity index (χ4v) is 3.12. The van der Waals surface area contributed by atoms with Crippen molar-refractivity contribution in [2.45, 2.75) is 44.1 Å². The standard InChI is InChI=1S/C10H15NOS/c1-9(8-11-6-7-13-8)4-3-5-10(9,2)12/h6-7,12H,3-5H2,1-2H3. The molecule has 1 fully saturated rings. The van der Waals surface area contributed by atoms with Crippen LogP contribution in [0.25, 0.3) is 0 Å². The summed E-state index contributed by atoms with van der Waals surface area (Å²) in [6.45, 7) is 4.06. The minimum atomic E-state index is -0.579. The zero-order valence-corrected chi connectivity index (χ0v) is 8.90. The van der Waals surface area contributed by atoms with Gasteiger partial charge in [-0.2, -0.15) is 0 Å². The monoisotopic (exact) mass is 197 g/mol. The maximum absolute atomic E-state index is 10.3. The summed E-state index contributed by atoms with van der Waals surface area (Å²) in [4.78, 5) is 4.32. The van der Waals surface area contributed by atoms with Crippen molar-refractivity contribution in [3.8, 4) is 0 Å². The van der Waals surface area contributed by atoms with Crippen LogP contribution >= 0.6 is 11.3 Å². The van der Waals surface area contributed by atoms with E-state index in [0.29, 0.717) is 0 Å². The van der Waals surface area contributed by atoms with Gasteiger partial charge in [0.1, 0.15) is 5.01 Å². The molecule has 2 nitrogen and oxygen atoms in total. The van der Waals surface area contributed by atoms with Gasteiger partial charge in [0.15, 0.2) is 0 Å². The Morgan fingerprint density at radius 2 is 2.23 bits per heavy atom. The first-order chi connectivity index (χ1) is 6.06. The molecule has 0 radical (unpaired) electrons. The Bertz CT molecular complexity index is 294. The number of nitrogens with zero attached hydrogens (tertiary/aromatic N) is 1. The highest BCUT2D eigenvalue weighted by atomic mass is 32.1. The van der Waals surface area contributed by atoms with E-state index in [1.54, 1.807) is 11.3 Å². The molecule has 0 bridgehead atoms. The maximum Gasteiger partial charge on any atom is 0.101 e. The second-order valence-corrected chi connectivity index (χ2v) is 5.19. The molecule has 1 saturated carbocycles. The number of hydrogen-bond donors (Lipinski definition) is 1. The van der Waals surface area contributed by atoms with E-state index >= 15 is 0 Å². The van der Waals surface area contributed by atoms with Gasteiger partial charge < -0.3 is 5.11 Å². The van der Waals surface area contributed by atoms with E-state index in [1.165, 1.54) is 0 Å². The van der Waals surface area contributed by atoms with Gasteiger partial charge >= 0.3 is 0 Å². The zero-order valence-electron chi connectivity index (χ0n) is 8.08. The number of aromatic nitrogens is 1. The van der Waals surface area contributed by atoms with Gasteiger partial charge in [-0.15, -0.1) is 11.3 Å². The Kier molecular flexibility index (Phi) is 1.96. The third-order valence-corrected chi connectivity index (χ3v) is 4.47. The molecule has 1 N–H and O–H groups in total. The fraction of sp³-hybridized carbons (Fsp3) is 0.700. The van der Waals surface area contributed by atoms with E-state index in [0.717, 1.165) is 24.3 Å². The van der Waals surface area contributed by atoms with Gasteiger partial charge in [-0.3, -0.25) is 0 Å². The molecule has 0 aliphatic heterocycles. The highest BCUT2D eigenvalue weighted by Gasteiger charge is 2.49. The molecule has 13 heavy (non-hydrogen) atoms. The lowest BCUT2D eigenvalue weighted by atomic mass is 9.78. The molecule has 72 valence electrons. The summed E-state index contributed by atoms with van der Waals surface area (Å²) in [7, 11) is 0. The first-order valence-corrected chi connectivity index (χ1v) is 5.57. The molecule has 0 amide bonds. The van der Waals surface area contributed by atoms with Crippen molar-refractivity contribution in [2.24, 2.45) is 0 Å². The number of rotatable bonds is 1. The molecule has 1 aliphatic rings. The quantitative estimate of drug-likeness (QED) is 0.749. The summed E-state index contributed by atoms with van der Waals surface area (Å²) >= 11 is 1.65. The lowest BCUT2D eigenvalue weighted by molar-refractivity contribution is 0.00682. The molecule has 2 atom stereocenters. The molecule has 2 unspecified atom stereocenters. The summed E-state index contributed by atoms with van der Waals surface area (Å²) in [6, 6.07) is 0. The molecule has 1 aromatic rings. The highest BCUT2D eigenvalue weighted by molar-refractivity contribution is 7.09. The van der Waals surface area contributed by atoms with Gasteiger partial charge in [0.25, 0.3) is 0 Å². The molecule has 1 aromatic heterocycles. The molecule has 0 spiro atoms. The normalized spacial score (nSPS) is 39.6. The van der Waals surface area contributed by atoms with Crippen molar-refractivity contribution in [2.75, 3.05) is 0 Å². The maximum atomic E-state index is 10.3. The van der Waals surface area contributed by atoms with Crippen LogP contribution in [-0.2, 0) is 5.41 Å². The largest absolute Gasteiger partial charge is 0.389 e. The van der Waals surface area contributed by atoms with Crippen molar-refractivity contribution in [3.63, 3.8) is 0 Å². The van der Waals surface area contributed by atoms with Gasteiger partial charge in [-0.05, 0) is 26.2 Å². The molecule has 3 heteroatoms. The Balaban J connectivity index is 2.40. The van der Waals surface area contributed by atoms with Crippen molar-refractivity contribution < 1.29 is 5.11 Å². The van der Waals surface area contributed by atoms with Crippen LogP contribution in [0.5, 0.6) is 0 Å². The predicted octanol–water partition coefficient (Wildman–Crippen LogP) is 2.34. The molecular formula is C10H15NOS. The van der Waals surface area contributed by atoms with E-state index in [4.69, 9.17) is 0 Å². The van der Waals surface area contributed by atoms with Crippen molar-refractivity contribution in [1.82, 2.24) is 4.98 Å². The van der Waals surface area contributed by atoms with Gasteiger partial charge in [0, 0.05) is 17.0 Å². The van der Waals surface area contributed by atoms with E-state index in [-0.39, 0.29) is 5.41 Å². The smallest absolute Gasteiger partial charge is 0.101 e. The Morgan fingerprint density at radius 3 is 2.69 bits per heavy atom. The van der Waals surface area contributed by atoms with Crippen LogP contribution in [0, 0.1) is 0 Å². The van der Waals surface area contributed by atoms with Crippen LogP contribution < -0.4 is 0 Å². The van der Waals surface area contributed by atoms with Crippen molar-refractivity contribution in [1.29, 1.82) is 0 Å². The first-order valence-electron chi connectivity index (χ1n) is 4.69. The second-order valence-electron chi connectivity index (χ2n) is 4.30. The van der Waals surface area contributed by atoms with Crippen molar-refractivity contribution >= 4 is 11.3 Å². The molecule has 1 heterocycles. The average Bonchev–Trinajstić information content (AvgIpc) is 2.61.